The standard InChI is InChI=1S/C28H23FN2O3S/c1-28(2,3)18-12-8-16(9-13-18)23-22(24(32)17-10-14-19(29)15-11-17)25(33)26(34)31(23)27-30-20-6-4-5-7-21(20)35-27/h4-15,23,32H,1-3H3/b24-22+. The molecule has 0 saturated carbocycles. The van der Waals surface area contributed by atoms with Crippen LogP contribution in [-0.2, 0) is 15.0 Å². The number of hydrogen-bond acceptors (Lipinski definition) is 5. The molecule has 1 saturated heterocycles. The number of ketones is 1. The molecule has 5 nitrogen and oxygen atoms in total. The van der Waals surface area contributed by atoms with E-state index in [0.717, 1.165) is 15.8 Å². The number of Topliss-reactive ketones (excluding diaryl/α,β-unsaturated/α-hetero) is 1. The molecule has 0 bridgehead atoms. The van der Waals surface area contributed by atoms with Crippen LogP contribution in [0.2, 0.25) is 0 Å². The first kappa shape index (κ1) is 22.9. The van der Waals surface area contributed by atoms with Crippen LogP contribution in [0.1, 0.15) is 43.5 Å². The topological polar surface area (TPSA) is 70.5 Å². The van der Waals surface area contributed by atoms with Gasteiger partial charge in [0.2, 0.25) is 0 Å². The van der Waals surface area contributed by atoms with Crippen molar-refractivity contribution < 1.29 is 19.1 Å². The molecule has 0 spiro atoms. The molecular formula is C28H23FN2O3S. The fourth-order valence-electron chi connectivity index (χ4n) is 4.24. The summed E-state index contributed by atoms with van der Waals surface area (Å²) in [6, 6.07) is 19.4. The molecule has 1 aliphatic heterocycles. The Morgan fingerprint density at radius 2 is 1.63 bits per heavy atom. The summed E-state index contributed by atoms with van der Waals surface area (Å²) in [5, 5.41) is 11.5. The summed E-state index contributed by atoms with van der Waals surface area (Å²) >= 11 is 1.31. The number of aliphatic hydroxyl groups excluding tert-OH is 1. The van der Waals surface area contributed by atoms with Crippen molar-refractivity contribution in [3.63, 3.8) is 0 Å². The molecule has 4 aromatic rings. The zero-order chi connectivity index (χ0) is 24.9. The van der Waals surface area contributed by atoms with E-state index in [1.807, 2.05) is 48.5 Å². The highest BCUT2D eigenvalue weighted by atomic mass is 32.1. The van der Waals surface area contributed by atoms with E-state index in [4.69, 9.17) is 0 Å². The lowest BCUT2D eigenvalue weighted by atomic mass is 9.85. The zero-order valence-electron chi connectivity index (χ0n) is 19.4. The average Bonchev–Trinajstić information content (AvgIpc) is 3.37. The van der Waals surface area contributed by atoms with E-state index in [2.05, 4.69) is 25.8 Å². The Morgan fingerprint density at radius 1 is 0.971 bits per heavy atom. The molecule has 1 aromatic heterocycles. The largest absolute Gasteiger partial charge is 0.507 e. The molecule has 1 unspecified atom stereocenters. The van der Waals surface area contributed by atoms with Gasteiger partial charge in [0.1, 0.15) is 11.6 Å². The van der Waals surface area contributed by atoms with E-state index in [-0.39, 0.29) is 22.3 Å². The van der Waals surface area contributed by atoms with E-state index >= 15 is 0 Å². The second-order valence-electron chi connectivity index (χ2n) is 9.51. The number of halogens is 1. The number of hydrogen-bond donors (Lipinski definition) is 1. The molecular weight excluding hydrogens is 463 g/mol. The fraction of sp³-hybridized carbons (Fsp3) is 0.179. The number of carbonyl (C=O) groups is 2. The van der Waals surface area contributed by atoms with Gasteiger partial charge in [0.15, 0.2) is 5.13 Å². The number of para-hydroxylation sites is 1. The Kier molecular flexibility index (Phi) is 5.52. The number of carbonyl (C=O) groups excluding carboxylic acids is 2. The first-order chi connectivity index (χ1) is 16.6. The number of aliphatic hydroxyl groups is 1. The van der Waals surface area contributed by atoms with Crippen LogP contribution in [0, 0.1) is 5.82 Å². The molecule has 0 aliphatic carbocycles. The molecule has 176 valence electrons. The normalized spacial score (nSPS) is 17.9. The quantitative estimate of drug-likeness (QED) is 0.208. The maximum Gasteiger partial charge on any atom is 0.301 e. The van der Waals surface area contributed by atoms with Crippen molar-refractivity contribution in [1.29, 1.82) is 0 Å². The Balaban J connectivity index is 1.71. The predicted octanol–water partition coefficient (Wildman–Crippen LogP) is 6.36. The van der Waals surface area contributed by atoms with Gasteiger partial charge >= 0.3 is 5.91 Å². The highest BCUT2D eigenvalue weighted by molar-refractivity contribution is 7.22. The van der Waals surface area contributed by atoms with E-state index in [0.29, 0.717) is 10.7 Å². The summed E-state index contributed by atoms with van der Waals surface area (Å²) in [6.45, 7) is 6.30. The molecule has 2 heterocycles. The number of nitrogens with zero attached hydrogens (tertiary/aromatic N) is 2. The third kappa shape index (κ3) is 4.02. The van der Waals surface area contributed by atoms with Crippen molar-refractivity contribution >= 4 is 44.1 Å². The number of amides is 1. The van der Waals surface area contributed by atoms with Gasteiger partial charge in [0.05, 0.1) is 21.8 Å². The monoisotopic (exact) mass is 486 g/mol. The van der Waals surface area contributed by atoms with Gasteiger partial charge in [-0.15, -0.1) is 0 Å². The third-order valence-electron chi connectivity index (χ3n) is 6.14. The van der Waals surface area contributed by atoms with Crippen LogP contribution in [0.4, 0.5) is 9.52 Å². The second-order valence-corrected chi connectivity index (χ2v) is 10.5. The fourth-order valence-corrected chi connectivity index (χ4v) is 5.23. The van der Waals surface area contributed by atoms with Crippen LogP contribution in [0.3, 0.4) is 0 Å². The van der Waals surface area contributed by atoms with Crippen molar-refractivity contribution in [2.75, 3.05) is 4.90 Å². The lowest BCUT2D eigenvalue weighted by Gasteiger charge is -2.24. The second kappa shape index (κ2) is 8.43. The number of fused-ring (bicyclic) bond motifs is 1. The predicted molar refractivity (Wildman–Crippen MR) is 136 cm³/mol. The van der Waals surface area contributed by atoms with Crippen LogP contribution in [0.15, 0.2) is 78.4 Å². The molecule has 7 heteroatoms. The number of rotatable bonds is 3. The molecule has 1 atom stereocenters. The minimum absolute atomic E-state index is 0.0515. The molecule has 1 amide bonds. The first-order valence-corrected chi connectivity index (χ1v) is 12.0. The van der Waals surface area contributed by atoms with Crippen LogP contribution in [0.25, 0.3) is 16.0 Å². The van der Waals surface area contributed by atoms with Crippen molar-refractivity contribution in [3.8, 4) is 0 Å². The maximum absolute atomic E-state index is 13.5. The number of aromatic nitrogens is 1. The summed E-state index contributed by atoms with van der Waals surface area (Å²) in [6.07, 6.45) is 0. The lowest BCUT2D eigenvalue weighted by Crippen LogP contribution is -2.29. The van der Waals surface area contributed by atoms with Gasteiger partial charge in [-0.05, 0) is 52.9 Å². The minimum Gasteiger partial charge on any atom is -0.507 e. The average molecular weight is 487 g/mol. The van der Waals surface area contributed by atoms with Gasteiger partial charge in [-0.25, -0.2) is 9.37 Å². The van der Waals surface area contributed by atoms with Gasteiger partial charge in [0, 0.05) is 5.56 Å². The van der Waals surface area contributed by atoms with Crippen LogP contribution >= 0.6 is 11.3 Å². The van der Waals surface area contributed by atoms with Gasteiger partial charge in [-0.2, -0.15) is 0 Å². The van der Waals surface area contributed by atoms with Crippen molar-refractivity contribution in [2.45, 2.75) is 32.2 Å². The molecule has 3 aromatic carbocycles. The Hall–Kier alpha value is -3.84. The summed E-state index contributed by atoms with van der Waals surface area (Å²) in [5.74, 6) is -2.39. The molecule has 1 fully saturated rings. The number of anilines is 1. The summed E-state index contributed by atoms with van der Waals surface area (Å²) in [4.78, 5) is 32.6. The zero-order valence-corrected chi connectivity index (χ0v) is 20.3. The summed E-state index contributed by atoms with van der Waals surface area (Å²) in [5.41, 5.74) is 2.60. The smallest absolute Gasteiger partial charge is 0.301 e. The maximum atomic E-state index is 13.5. The minimum atomic E-state index is -0.880. The van der Waals surface area contributed by atoms with Crippen molar-refractivity contribution in [3.05, 3.63) is 101 Å². The SMILES string of the molecule is CC(C)(C)c1ccc(C2/C(=C(\O)c3ccc(F)cc3)C(=O)C(=O)N2c2nc3ccccc3s2)cc1. The van der Waals surface area contributed by atoms with Crippen molar-refractivity contribution in [1.82, 2.24) is 4.98 Å². The highest BCUT2D eigenvalue weighted by Crippen LogP contribution is 2.44. The van der Waals surface area contributed by atoms with Gasteiger partial charge in [0.25, 0.3) is 5.78 Å². The number of benzene rings is 3. The highest BCUT2D eigenvalue weighted by Gasteiger charge is 2.48. The first-order valence-electron chi connectivity index (χ1n) is 11.2. The Labute approximate surface area is 206 Å². The molecule has 35 heavy (non-hydrogen) atoms. The molecule has 1 aliphatic rings. The van der Waals surface area contributed by atoms with E-state index in [9.17, 15) is 19.1 Å². The summed E-state index contributed by atoms with van der Waals surface area (Å²) in [7, 11) is 0. The molecule has 5 rings (SSSR count). The van der Waals surface area contributed by atoms with Crippen LogP contribution in [-0.4, -0.2) is 21.8 Å². The van der Waals surface area contributed by atoms with Crippen LogP contribution < -0.4 is 4.90 Å². The van der Waals surface area contributed by atoms with E-state index < -0.39 is 23.5 Å². The Bertz CT molecular complexity index is 1450. The van der Waals surface area contributed by atoms with Gasteiger partial charge in [-0.3, -0.25) is 14.5 Å². The summed E-state index contributed by atoms with van der Waals surface area (Å²) < 4.78 is 14.4. The van der Waals surface area contributed by atoms with Crippen molar-refractivity contribution in [2.24, 2.45) is 0 Å². The number of thiazole rings is 1. The molecule has 0 radical (unpaired) electrons. The molecule has 1 N–H and O–H groups in total. The lowest BCUT2D eigenvalue weighted by molar-refractivity contribution is -0.132. The van der Waals surface area contributed by atoms with E-state index in [1.165, 1.54) is 40.5 Å². The third-order valence-corrected chi connectivity index (χ3v) is 7.18. The van der Waals surface area contributed by atoms with Gasteiger partial charge in [-0.1, -0.05) is 68.5 Å². The Morgan fingerprint density at radius 3 is 2.26 bits per heavy atom. The van der Waals surface area contributed by atoms with E-state index in [1.54, 1.807) is 0 Å². The van der Waals surface area contributed by atoms with Gasteiger partial charge < -0.3 is 5.11 Å². The van der Waals surface area contributed by atoms with Crippen LogP contribution in [0.5, 0.6) is 0 Å².